The van der Waals surface area contributed by atoms with Crippen LogP contribution in [0, 0.1) is 46.3 Å². The molecule has 5 rings (SSSR count). The standard InChI is InChI=1S/C27H48NO2P.C5H11NO2/c1-18(2)7-6-8-19(3)23-11-12-24-22-10-9-20-17-21(30-31(28)29)13-15-26(20,4)25(22)14-16-27(23,24)5;7-3-4-5(8)1-2-6-4/h9,18-19,21-25,29H,6-8,10-17,28H2,1-5H3;4-8H,1-3H2/t19-,21?,22?,23-,24?,25?,26+,27-,31?;4-,5?/m11/s1. The summed E-state index contributed by atoms with van der Waals surface area (Å²) in [5.74, 6) is 5.29. The normalized spacial score (nSPS) is 43.0. The van der Waals surface area contributed by atoms with Crippen molar-refractivity contribution in [3.8, 4) is 0 Å². The molecule has 1 heterocycles. The van der Waals surface area contributed by atoms with Gasteiger partial charge in [0.15, 0.2) is 0 Å². The smallest absolute Gasteiger partial charge is 0.250 e. The number of hydrogen-bond donors (Lipinski definition) is 5. The van der Waals surface area contributed by atoms with E-state index in [9.17, 15) is 4.89 Å². The lowest BCUT2D eigenvalue weighted by Crippen LogP contribution is -2.51. The fraction of sp³-hybridized carbons (Fsp3) is 0.938. The predicted molar refractivity (Wildman–Crippen MR) is 161 cm³/mol. The quantitative estimate of drug-likeness (QED) is 0.175. The number of aliphatic hydroxyl groups excluding tert-OH is 2. The third-order valence-corrected chi connectivity index (χ3v) is 12.5. The van der Waals surface area contributed by atoms with E-state index in [1.54, 1.807) is 5.57 Å². The lowest BCUT2D eigenvalue weighted by molar-refractivity contribution is -0.0558. The van der Waals surface area contributed by atoms with E-state index >= 15 is 0 Å². The molecule has 39 heavy (non-hydrogen) atoms. The van der Waals surface area contributed by atoms with Gasteiger partial charge in [0.1, 0.15) is 0 Å². The zero-order valence-electron chi connectivity index (χ0n) is 25.4. The SMILES string of the molecule is CC(C)CCC[C@@H](C)[C@H]1CCC2C3CC=C4CC(OP(N)O)CC[C@]4(C)C3CC[C@@]21C.OC[C@H]1NCCC1O. The fourth-order valence-corrected chi connectivity index (χ4v) is 10.3. The second kappa shape index (κ2) is 13.5. The first-order chi connectivity index (χ1) is 18.5. The number of hydrogen-bond acceptors (Lipinski definition) is 6. The van der Waals surface area contributed by atoms with Gasteiger partial charge in [0.05, 0.1) is 24.9 Å². The molecule has 6 N–H and O–H groups in total. The van der Waals surface area contributed by atoms with Crippen LogP contribution in [0.2, 0.25) is 0 Å². The lowest BCUT2D eigenvalue weighted by atomic mass is 9.47. The van der Waals surface area contributed by atoms with E-state index in [1.165, 1.54) is 57.8 Å². The Kier molecular flexibility index (Phi) is 11.0. The predicted octanol–water partition coefficient (Wildman–Crippen LogP) is 6.29. The molecule has 0 aromatic carbocycles. The number of aliphatic hydroxyl groups is 2. The molecule has 11 atom stereocenters. The van der Waals surface area contributed by atoms with Gasteiger partial charge in [-0.2, -0.15) is 0 Å². The zero-order chi connectivity index (χ0) is 28.4. The molecule has 1 saturated heterocycles. The van der Waals surface area contributed by atoms with Crippen molar-refractivity contribution in [1.29, 1.82) is 0 Å². The molecular weight excluding hydrogens is 507 g/mol. The van der Waals surface area contributed by atoms with Crippen molar-refractivity contribution < 1.29 is 19.6 Å². The van der Waals surface area contributed by atoms with Crippen LogP contribution in [0.4, 0.5) is 0 Å². The average Bonchev–Trinajstić information content (AvgIpc) is 3.46. The Morgan fingerprint density at radius 1 is 1.08 bits per heavy atom. The molecule has 0 spiro atoms. The molecule has 0 aromatic rings. The number of nitrogens with one attached hydrogen (secondary N) is 1. The van der Waals surface area contributed by atoms with Crippen molar-refractivity contribution in [2.75, 3.05) is 13.2 Å². The van der Waals surface area contributed by atoms with Gasteiger partial charge in [0.2, 0.25) is 8.53 Å². The molecule has 7 heteroatoms. The number of allylic oxidation sites excluding steroid dienone is 1. The van der Waals surface area contributed by atoms with Gasteiger partial charge in [-0.15, -0.1) is 0 Å². The van der Waals surface area contributed by atoms with E-state index in [0.717, 1.165) is 61.3 Å². The minimum Gasteiger partial charge on any atom is -0.395 e. The molecule has 0 bridgehead atoms. The molecule has 4 fully saturated rings. The molecule has 0 aromatic heterocycles. The molecule has 0 radical (unpaired) electrons. The molecule has 4 aliphatic carbocycles. The van der Waals surface area contributed by atoms with Gasteiger partial charge >= 0.3 is 0 Å². The third kappa shape index (κ3) is 6.95. The highest BCUT2D eigenvalue weighted by Gasteiger charge is 2.59. The zero-order valence-corrected chi connectivity index (χ0v) is 26.3. The van der Waals surface area contributed by atoms with Crippen LogP contribution < -0.4 is 10.8 Å². The van der Waals surface area contributed by atoms with Crippen molar-refractivity contribution in [1.82, 2.24) is 5.32 Å². The number of fused-ring (bicyclic) bond motifs is 5. The Hall–Kier alpha value is -0.0700. The Morgan fingerprint density at radius 3 is 2.46 bits per heavy atom. The van der Waals surface area contributed by atoms with Crippen molar-refractivity contribution in [2.45, 2.75) is 130 Å². The summed E-state index contributed by atoms with van der Waals surface area (Å²) in [6, 6.07) is -0.0741. The molecule has 6 unspecified atom stereocenters. The van der Waals surface area contributed by atoms with E-state index in [-0.39, 0.29) is 24.9 Å². The second-order valence-electron chi connectivity index (χ2n) is 14.7. The maximum absolute atomic E-state index is 9.53. The molecular formula is C32H59N2O4P. The minimum atomic E-state index is -1.74. The van der Waals surface area contributed by atoms with Crippen LogP contribution in [0.3, 0.4) is 0 Å². The highest BCUT2D eigenvalue weighted by Crippen LogP contribution is 2.67. The Balaban J connectivity index is 0.000000379. The van der Waals surface area contributed by atoms with Crippen LogP contribution in [0.15, 0.2) is 11.6 Å². The summed E-state index contributed by atoms with van der Waals surface area (Å²) < 4.78 is 5.65. The van der Waals surface area contributed by atoms with Gasteiger partial charge in [0.25, 0.3) is 0 Å². The fourth-order valence-electron chi connectivity index (χ4n) is 9.83. The summed E-state index contributed by atoms with van der Waals surface area (Å²) in [5, 5.41) is 20.4. The van der Waals surface area contributed by atoms with Crippen LogP contribution in [-0.4, -0.2) is 46.5 Å². The first kappa shape index (κ1) is 31.9. The summed E-state index contributed by atoms with van der Waals surface area (Å²) >= 11 is 0. The number of nitrogens with two attached hydrogens (primary N) is 1. The van der Waals surface area contributed by atoms with Crippen molar-refractivity contribution in [3.05, 3.63) is 11.6 Å². The lowest BCUT2D eigenvalue weighted by Gasteiger charge is -2.58. The minimum absolute atomic E-state index is 0.0428. The van der Waals surface area contributed by atoms with Crippen molar-refractivity contribution in [2.24, 2.45) is 51.8 Å². The van der Waals surface area contributed by atoms with Crippen LogP contribution in [0.5, 0.6) is 0 Å². The summed E-state index contributed by atoms with van der Waals surface area (Å²) in [6.45, 7) is 13.4. The van der Waals surface area contributed by atoms with Crippen LogP contribution in [0.1, 0.15) is 112 Å². The van der Waals surface area contributed by atoms with E-state index < -0.39 is 8.53 Å². The molecule has 5 aliphatic rings. The average molecular weight is 567 g/mol. The third-order valence-electron chi connectivity index (χ3n) is 12.0. The van der Waals surface area contributed by atoms with Crippen molar-refractivity contribution >= 4 is 8.53 Å². The Bertz CT molecular complexity index is 824. The van der Waals surface area contributed by atoms with Crippen LogP contribution in [-0.2, 0) is 4.52 Å². The highest BCUT2D eigenvalue weighted by molar-refractivity contribution is 7.43. The second-order valence-corrected chi connectivity index (χ2v) is 15.5. The number of rotatable bonds is 8. The van der Waals surface area contributed by atoms with Gasteiger partial charge in [-0.3, -0.25) is 5.50 Å². The molecule has 6 nitrogen and oxygen atoms in total. The molecule has 226 valence electrons. The van der Waals surface area contributed by atoms with Gasteiger partial charge in [-0.05, 0) is 111 Å². The molecule has 0 amide bonds. The van der Waals surface area contributed by atoms with E-state index in [0.29, 0.717) is 10.8 Å². The van der Waals surface area contributed by atoms with Crippen LogP contribution >= 0.6 is 8.53 Å². The topological polar surface area (TPSA) is 108 Å². The summed E-state index contributed by atoms with van der Waals surface area (Å²) in [6.07, 6.45) is 17.7. The van der Waals surface area contributed by atoms with E-state index in [2.05, 4.69) is 46.0 Å². The molecule has 3 saturated carbocycles. The summed E-state index contributed by atoms with van der Waals surface area (Å²) in [7, 11) is -1.74. The van der Waals surface area contributed by atoms with Crippen LogP contribution in [0.25, 0.3) is 0 Å². The Morgan fingerprint density at radius 2 is 1.85 bits per heavy atom. The van der Waals surface area contributed by atoms with Crippen molar-refractivity contribution in [3.63, 3.8) is 0 Å². The van der Waals surface area contributed by atoms with Gasteiger partial charge in [-0.1, -0.05) is 65.5 Å². The first-order valence-corrected chi connectivity index (χ1v) is 17.4. The van der Waals surface area contributed by atoms with Gasteiger partial charge in [0, 0.05) is 0 Å². The highest BCUT2D eigenvalue weighted by atomic mass is 31.2. The monoisotopic (exact) mass is 566 g/mol. The maximum Gasteiger partial charge on any atom is 0.250 e. The van der Waals surface area contributed by atoms with E-state index in [4.69, 9.17) is 20.2 Å². The van der Waals surface area contributed by atoms with Gasteiger partial charge < -0.3 is 24.9 Å². The summed E-state index contributed by atoms with van der Waals surface area (Å²) in [4.78, 5) is 9.53. The maximum atomic E-state index is 9.53. The Labute approximate surface area is 239 Å². The molecule has 1 aliphatic heterocycles. The summed E-state index contributed by atoms with van der Waals surface area (Å²) in [5.41, 5.74) is 8.08. The first-order valence-electron chi connectivity index (χ1n) is 16.1. The van der Waals surface area contributed by atoms with Gasteiger partial charge in [-0.25, -0.2) is 0 Å². The van der Waals surface area contributed by atoms with E-state index in [1.807, 2.05) is 0 Å². The largest absolute Gasteiger partial charge is 0.395 e.